The first kappa shape index (κ1) is 21.1. The maximum absolute atomic E-state index is 12.8. The lowest BCUT2D eigenvalue weighted by molar-refractivity contribution is -0.171. The van der Waals surface area contributed by atoms with Crippen molar-refractivity contribution in [3.63, 3.8) is 0 Å². The van der Waals surface area contributed by atoms with Crippen molar-refractivity contribution in [2.75, 3.05) is 0 Å². The second kappa shape index (κ2) is 8.82. The third kappa shape index (κ3) is 5.06. The van der Waals surface area contributed by atoms with E-state index in [9.17, 15) is 9.90 Å². The van der Waals surface area contributed by atoms with Gasteiger partial charge < -0.3 is 14.6 Å². The van der Waals surface area contributed by atoms with Gasteiger partial charge in [-0.05, 0) is 83.0 Å². The summed E-state index contributed by atoms with van der Waals surface area (Å²) in [4.78, 5) is 12.8. The Bertz CT molecular complexity index is 489. The van der Waals surface area contributed by atoms with Gasteiger partial charge >= 0.3 is 5.97 Å². The number of aliphatic hydroxyl groups is 1. The van der Waals surface area contributed by atoms with Crippen molar-refractivity contribution in [2.24, 2.45) is 11.8 Å². The highest BCUT2D eigenvalue weighted by Gasteiger charge is 2.46. The zero-order chi connectivity index (χ0) is 19.5. The van der Waals surface area contributed by atoms with Crippen molar-refractivity contribution in [1.29, 1.82) is 0 Å². The third-order valence-corrected chi connectivity index (χ3v) is 7.41. The minimum atomic E-state index is -1.02. The van der Waals surface area contributed by atoms with Crippen LogP contribution in [0.4, 0.5) is 0 Å². The maximum Gasteiger partial charge on any atom is 0.309 e. The Hall–Kier alpha value is -0.610. The van der Waals surface area contributed by atoms with E-state index in [4.69, 9.17) is 9.47 Å². The standard InChI is InChI=1S/C23H40O4/c1-4-19-14-17(20(5-2)26-19)15-22(3,25)16-21(24)27-23(12-8-9-13-23)18-10-6-7-11-18/h17-20,25H,4-16H2,1-3H3. The lowest BCUT2D eigenvalue weighted by Gasteiger charge is -2.36. The van der Waals surface area contributed by atoms with Gasteiger partial charge in [-0.3, -0.25) is 4.79 Å². The van der Waals surface area contributed by atoms with Gasteiger partial charge in [0.1, 0.15) is 5.60 Å². The summed E-state index contributed by atoms with van der Waals surface area (Å²) in [5, 5.41) is 11.0. The third-order valence-electron chi connectivity index (χ3n) is 7.41. The fourth-order valence-electron chi connectivity index (χ4n) is 6.04. The van der Waals surface area contributed by atoms with Crippen molar-refractivity contribution in [3.05, 3.63) is 0 Å². The first-order chi connectivity index (χ1) is 12.9. The molecule has 1 heterocycles. The van der Waals surface area contributed by atoms with Crippen molar-refractivity contribution in [2.45, 2.75) is 128 Å². The van der Waals surface area contributed by atoms with E-state index < -0.39 is 5.60 Å². The van der Waals surface area contributed by atoms with Gasteiger partial charge in [-0.15, -0.1) is 0 Å². The highest BCUT2D eigenvalue weighted by Crippen LogP contribution is 2.47. The Morgan fingerprint density at radius 2 is 1.81 bits per heavy atom. The number of carbonyl (C=O) groups is 1. The fourth-order valence-corrected chi connectivity index (χ4v) is 6.04. The molecule has 3 aliphatic rings. The van der Waals surface area contributed by atoms with E-state index in [1.165, 1.54) is 25.7 Å². The van der Waals surface area contributed by atoms with E-state index in [0.717, 1.165) is 44.9 Å². The minimum absolute atomic E-state index is 0.102. The fraction of sp³-hybridized carbons (Fsp3) is 0.957. The molecule has 4 atom stereocenters. The van der Waals surface area contributed by atoms with Crippen LogP contribution in [-0.2, 0) is 14.3 Å². The summed E-state index contributed by atoms with van der Waals surface area (Å²) >= 11 is 0. The van der Waals surface area contributed by atoms with Crippen molar-refractivity contribution in [3.8, 4) is 0 Å². The van der Waals surface area contributed by atoms with Gasteiger partial charge in [0.2, 0.25) is 0 Å². The number of ether oxygens (including phenoxy) is 2. The number of hydrogen-bond acceptors (Lipinski definition) is 4. The molecular formula is C23H40O4. The van der Waals surface area contributed by atoms with Gasteiger partial charge in [-0.2, -0.15) is 0 Å². The van der Waals surface area contributed by atoms with Gasteiger partial charge in [0, 0.05) is 0 Å². The van der Waals surface area contributed by atoms with E-state index in [1.807, 2.05) is 0 Å². The van der Waals surface area contributed by atoms with E-state index >= 15 is 0 Å². The second-order valence-corrected chi connectivity index (χ2v) is 9.71. The van der Waals surface area contributed by atoms with E-state index in [1.54, 1.807) is 6.92 Å². The van der Waals surface area contributed by atoms with Crippen LogP contribution in [0, 0.1) is 11.8 Å². The molecule has 4 nitrogen and oxygen atoms in total. The van der Waals surface area contributed by atoms with Crippen LogP contribution in [0.1, 0.15) is 104 Å². The molecule has 0 amide bonds. The van der Waals surface area contributed by atoms with Crippen LogP contribution in [0.5, 0.6) is 0 Å². The van der Waals surface area contributed by atoms with Crippen LogP contribution >= 0.6 is 0 Å². The van der Waals surface area contributed by atoms with E-state index in [2.05, 4.69) is 13.8 Å². The molecule has 1 saturated heterocycles. The van der Waals surface area contributed by atoms with Gasteiger partial charge in [0.25, 0.3) is 0 Å². The summed E-state index contributed by atoms with van der Waals surface area (Å²) in [5.41, 5.74) is -1.25. The molecule has 1 N–H and O–H groups in total. The smallest absolute Gasteiger partial charge is 0.309 e. The summed E-state index contributed by atoms with van der Waals surface area (Å²) in [6.45, 7) is 6.10. The molecule has 156 valence electrons. The van der Waals surface area contributed by atoms with Gasteiger partial charge in [0.05, 0.1) is 24.2 Å². The normalized spacial score (nSPS) is 33.3. The molecular weight excluding hydrogens is 340 g/mol. The van der Waals surface area contributed by atoms with Crippen LogP contribution in [0.3, 0.4) is 0 Å². The molecule has 4 heteroatoms. The molecule has 0 spiro atoms. The minimum Gasteiger partial charge on any atom is -0.459 e. The predicted octanol–water partition coefficient (Wildman–Crippen LogP) is 5.16. The molecule has 27 heavy (non-hydrogen) atoms. The van der Waals surface area contributed by atoms with Crippen molar-refractivity contribution < 1.29 is 19.4 Å². The lowest BCUT2D eigenvalue weighted by atomic mass is 9.83. The second-order valence-electron chi connectivity index (χ2n) is 9.71. The topological polar surface area (TPSA) is 55.8 Å². The van der Waals surface area contributed by atoms with Crippen LogP contribution in [0.25, 0.3) is 0 Å². The number of carbonyl (C=O) groups excluding carboxylic acids is 1. The number of esters is 1. The van der Waals surface area contributed by atoms with Crippen LogP contribution in [0.15, 0.2) is 0 Å². The number of hydrogen-bond donors (Lipinski definition) is 1. The molecule has 4 unspecified atom stereocenters. The van der Waals surface area contributed by atoms with E-state index in [-0.39, 0.29) is 24.1 Å². The average Bonchev–Trinajstić information content (AvgIpc) is 3.34. The molecule has 2 aliphatic carbocycles. The molecule has 0 bridgehead atoms. The Morgan fingerprint density at radius 1 is 1.15 bits per heavy atom. The average molecular weight is 381 g/mol. The molecule has 0 aromatic heterocycles. The van der Waals surface area contributed by atoms with Gasteiger partial charge in [0.15, 0.2) is 0 Å². The molecule has 0 aromatic carbocycles. The summed E-state index contributed by atoms with van der Waals surface area (Å²) < 4.78 is 12.2. The quantitative estimate of drug-likeness (QED) is 0.591. The lowest BCUT2D eigenvalue weighted by Crippen LogP contribution is -2.41. The van der Waals surface area contributed by atoms with Crippen LogP contribution in [-0.4, -0.2) is 34.5 Å². The molecule has 0 aromatic rings. The Morgan fingerprint density at radius 3 is 2.41 bits per heavy atom. The largest absolute Gasteiger partial charge is 0.459 e. The maximum atomic E-state index is 12.8. The monoisotopic (exact) mass is 380 g/mol. The summed E-state index contributed by atoms with van der Waals surface area (Å²) in [7, 11) is 0. The summed E-state index contributed by atoms with van der Waals surface area (Å²) in [5.74, 6) is 0.665. The molecule has 0 radical (unpaired) electrons. The Kier molecular flexibility index (Phi) is 6.89. The van der Waals surface area contributed by atoms with Crippen molar-refractivity contribution >= 4 is 5.97 Å². The highest BCUT2D eigenvalue weighted by atomic mass is 16.6. The van der Waals surface area contributed by atoms with Gasteiger partial charge in [-0.1, -0.05) is 26.7 Å². The van der Waals surface area contributed by atoms with Crippen LogP contribution < -0.4 is 0 Å². The van der Waals surface area contributed by atoms with Crippen LogP contribution in [0.2, 0.25) is 0 Å². The summed E-state index contributed by atoms with van der Waals surface area (Å²) in [6.07, 6.45) is 13.5. The zero-order valence-electron chi connectivity index (χ0n) is 17.7. The SMILES string of the molecule is CCC1CC(CC(C)(O)CC(=O)OC2(C3CCCC3)CCCC2)C(CC)O1. The zero-order valence-corrected chi connectivity index (χ0v) is 17.7. The first-order valence-electron chi connectivity index (χ1n) is 11.5. The van der Waals surface area contributed by atoms with Gasteiger partial charge in [-0.25, -0.2) is 0 Å². The van der Waals surface area contributed by atoms with E-state index in [0.29, 0.717) is 24.4 Å². The molecule has 1 aliphatic heterocycles. The Labute approximate surface area is 165 Å². The first-order valence-corrected chi connectivity index (χ1v) is 11.5. The highest BCUT2D eigenvalue weighted by molar-refractivity contribution is 5.71. The van der Waals surface area contributed by atoms with Crippen molar-refractivity contribution in [1.82, 2.24) is 0 Å². The molecule has 3 fully saturated rings. The molecule has 3 rings (SSSR count). The molecule has 2 saturated carbocycles. The summed E-state index contributed by atoms with van der Waals surface area (Å²) in [6, 6.07) is 0. The predicted molar refractivity (Wildman–Crippen MR) is 106 cm³/mol. The number of rotatable bonds is 8. The Balaban J connectivity index is 1.57.